The number of allylic oxidation sites excluding steroid dienone is 6. The van der Waals surface area contributed by atoms with E-state index in [0.29, 0.717) is 5.92 Å². The third kappa shape index (κ3) is 4.96. The standard InChI is InChI=1S/C25H28F4O2/c1-2-3-15-13-30-25(31-14-15)17-6-4-16(5-7-17)18-8-9-20(21(26)10-18)19-11-22(27)24(29)23(28)12-19/h4,8-11,15,17,19,25H,2-3,5-7,12-14H2,1H3. The third-order valence-electron chi connectivity index (χ3n) is 6.49. The van der Waals surface area contributed by atoms with E-state index in [1.807, 2.05) is 0 Å². The summed E-state index contributed by atoms with van der Waals surface area (Å²) >= 11 is 0. The molecule has 2 nitrogen and oxygen atoms in total. The fourth-order valence-electron chi connectivity index (χ4n) is 4.72. The van der Waals surface area contributed by atoms with Crippen LogP contribution in [0.5, 0.6) is 0 Å². The molecular weight excluding hydrogens is 408 g/mol. The van der Waals surface area contributed by atoms with Gasteiger partial charge in [-0.3, -0.25) is 0 Å². The highest BCUT2D eigenvalue weighted by molar-refractivity contribution is 5.66. The topological polar surface area (TPSA) is 18.5 Å². The molecule has 0 radical (unpaired) electrons. The lowest BCUT2D eigenvalue weighted by Gasteiger charge is -2.35. The quantitative estimate of drug-likeness (QED) is 0.451. The van der Waals surface area contributed by atoms with Crippen LogP contribution >= 0.6 is 0 Å². The normalized spacial score (nSPS) is 29.6. The van der Waals surface area contributed by atoms with Gasteiger partial charge in [-0.25, -0.2) is 17.6 Å². The van der Waals surface area contributed by atoms with Crippen LogP contribution < -0.4 is 0 Å². The monoisotopic (exact) mass is 436 g/mol. The van der Waals surface area contributed by atoms with E-state index in [0.717, 1.165) is 62.5 Å². The average molecular weight is 436 g/mol. The molecule has 0 saturated carbocycles. The second-order valence-corrected chi connectivity index (χ2v) is 8.73. The molecule has 0 aromatic heterocycles. The van der Waals surface area contributed by atoms with Crippen molar-refractivity contribution in [2.45, 2.75) is 57.7 Å². The molecule has 168 valence electrons. The Balaban J connectivity index is 1.39. The molecule has 6 heteroatoms. The van der Waals surface area contributed by atoms with E-state index < -0.39 is 29.2 Å². The summed E-state index contributed by atoms with van der Waals surface area (Å²) in [5.41, 5.74) is 1.97. The van der Waals surface area contributed by atoms with Crippen LogP contribution in [0.25, 0.3) is 5.57 Å². The zero-order valence-corrected chi connectivity index (χ0v) is 17.7. The maximum atomic E-state index is 14.8. The Kier molecular flexibility index (Phi) is 6.97. The number of benzene rings is 1. The number of hydrogen-bond acceptors (Lipinski definition) is 2. The highest BCUT2D eigenvalue weighted by Crippen LogP contribution is 2.39. The number of rotatable bonds is 5. The van der Waals surface area contributed by atoms with Gasteiger partial charge in [0.15, 0.2) is 17.9 Å². The molecule has 2 aliphatic carbocycles. The molecule has 4 rings (SSSR count). The van der Waals surface area contributed by atoms with E-state index in [4.69, 9.17) is 9.47 Å². The molecule has 1 aliphatic heterocycles. The van der Waals surface area contributed by atoms with Crippen LogP contribution in [0.3, 0.4) is 0 Å². The smallest absolute Gasteiger partial charge is 0.189 e. The van der Waals surface area contributed by atoms with E-state index in [9.17, 15) is 17.6 Å². The number of ether oxygens (including phenoxy) is 2. The molecular formula is C25H28F4O2. The van der Waals surface area contributed by atoms with Crippen molar-refractivity contribution < 1.29 is 27.0 Å². The van der Waals surface area contributed by atoms with Gasteiger partial charge in [0.2, 0.25) is 0 Å². The Morgan fingerprint density at radius 1 is 1.06 bits per heavy atom. The van der Waals surface area contributed by atoms with Gasteiger partial charge in [-0.1, -0.05) is 31.6 Å². The summed E-state index contributed by atoms with van der Waals surface area (Å²) in [5, 5.41) is 0. The van der Waals surface area contributed by atoms with Gasteiger partial charge in [-0.15, -0.1) is 0 Å². The fourth-order valence-corrected chi connectivity index (χ4v) is 4.72. The van der Waals surface area contributed by atoms with Crippen molar-refractivity contribution in [1.29, 1.82) is 0 Å². The lowest BCUT2D eigenvalue weighted by atomic mass is 9.84. The molecule has 1 saturated heterocycles. The first-order valence-corrected chi connectivity index (χ1v) is 11.1. The van der Waals surface area contributed by atoms with Gasteiger partial charge in [-0.05, 0) is 54.5 Å². The Labute approximate surface area is 180 Å². The van der Waals surface area contributed by atoms with Crippen LogP contribution in [0.2, 0.25) is 0 Å². The summed E-state index contributed by atoms with van der Waals surface area (Å²) in [6, 6.07) is 4.72. The van der Waals surface area contributed by atoms with Crippen molar-refractivity contribution in [2.75, 3.05) is 13.2 Å². The summed E-state index contributed by atoms with van der Waals surface area (Å²) in [7, 11) is 0. The van der Waals surface area contributed by atoms with Crippen LogP contribution in [0, 0.1) is 17.7 Å². The minimum Gasteiger partial charge on any atom is -0.352 e. The van der Waals surface area contributed by atoms with E-state index in [1.165, 1.54) is 6.07 Å². The first-order chi connectivity index (χ1) is 15.0. The molecule has 1 fully saturated rings. The average Bonchev–Trinajstić information content (AvgIpc) is 2.78. The van der Waals surface area contributed by atoms with Crippen molar-refractivity contribution in [1.82, 2.24) is 0 Å². The van der Waals surface area contributed by atoms with Crippen molar-refractivity contribution in [3.05, 3.63) is 64.8 Å². The van der Waals surface area contributed by atoms with Crippen LogP contribution in [0.4, 0.5) is 17.6 Å². The molecule has 3 aliphatic rings. The van der Waals surface area contributed by atoms with Gasteiger partial charge in [0, 0.05) is 24.2 Å². The largest absolute Gasteiger partial charge is 0.352 e. The summed E-state index contributed by atoms with van der Waals surface area (Å²) in [4.78, 5) is 0. The van der Waals surface area contributed by atoms with Crippen molar-refractivity contribution >= 4 is 5.57 Å². The Bertz CT molecular complexity index is 897. The molecule has 0 amide bonds. The highest BCUT2D eigenvalue weighted by atomic mass is 19.2. The molecule has 2 unspecified atom stereocenters. The van der Waals surface area contributed by atoms with Gasteiger partial charge in [0.1, 0.15) is 11.6 Å². The lowest BCUT2D eigenvalue weighted by molar-refractivity contribution is -0.225. The Hall–Kier alpha value is -1.92. The Morgan fingerprint density at radius 3 is 2.45 bits per heavy atom. The molecule has 2 atom stereocenters. The predicted octanol–water partition coefficient (Wildman–Crippen LogP) is 7.29. The second kappa shape index (κ2) is 9.70. The summed E-state index contributed by atoms with van der Waals surface area (Å²) in [6.45, 7) is 3.65. The number of hydrogen-bond donors (Lipinski definition) is 0. The molecule has 31 heavy (non-hydrogen) atoms. The van der Waals surface area contributed by atoms with Gasteiger partial charge in [0.05, 0.1) is 13.2 Å². The molecule has 0 bridgehead atoms. The van der Waals surface area contributed by atoms with Crippen LogP contribution in [0.15, 0.2) is 47.8 Å². The second-order valence-electron chi connectivity index (χ2n) is 8.73. The molecule has 0 spiro atoms. The zero-order chi connectivity index (χ0) is 22.0. The van der Waals surface area contributed by atoms with Crippen molar-refractivity contribution in [2.24, 2.45) is 11.8 Å². The highest BCUT2D eigenvalue weighted by Gasteiger charge is 2.31. The minimum absolute atomic E-state index is 0.168. The summed E-state index contributed by atoms with van der Waals surface area (Å²) in [6.07, 6.45) is 7.21. The molecule has 1 aromatic carbocycles. The summed E-state index contributed by atoms with van der Waals surface area (Å²) < 4.78 is 67.0. The van der Waals surface area contributed by atoms with Gasteiger partial charge in [0.25, 0.3) is 0 Å². The Morgan fingerprint density at radius 2 is 1.84 bits per heavy atom. The van der Waals surface area contributed by atoms with Gasteiger partial charge >= 0.3 is 0 Å². The summed E-state index contributed by atoms with van der Waals surface area (Å²) in [5.74, 6) is -4.56. The predicted molar refractivity (Wildman–Crippen MR) is 112 cm³/mol. The minimum atomic E-state index is -1.48. The fraction of sp³-hybridized carbons (Fsp3) is 0.520. The maximum absolute atomic E-state index is 14.8. The zero-order valence-electron chi connectivity index (χ0n) is 17.7. The third-order valence-corrected chi connectivity index (χ3v) is 6.49. The first kappa shape index (κ1) is 22.3. The van der Waals surface area contributed by atoms with Crippen molar-refractivity contribution in [3.63, 3.8) is 0 Å². The van der Waals surface area contributed by atoms with Crippen LogP contribution in [-0.2, 0) is 9.47 Å². The molecule has 0 N–H and O–H groups in total. The SMILES string of the molecule is CCCC1COC(C2CC=C(c3ccc(C4C=C(F)C(F)=C(F)C4)c(F)c3)CC2)OC1. The van der Waals surface area contributed by atoms with Gasteiger partial charge in [-0.2, -0.15) is 0 Å². The van der Waals surface area contributed by atoms with E-state index in [2.05, 4.69) is 13.0 Å². The van der Waals surface area contributed by atoms with E-state index in [1.54, 1.807) is 12.1 Å². The first-order valence-electron chi connectivity index (χ1n) is 11.1. The molecule has 1 aromatic rings. The van der Waals surface area contributed by atoms with Crippen molar-refractivity contribution in [3.8, 4) is 0 Å². The van der Waals surface area contributed by atoms with E-state index >= 15 is 0 Å². The van der Waals surface area contributed by atoms with Gasteiger partial charge < -0.3 is 9.47 Å². The molecule has 1 heterocycles. The van der Waals surface area contributed by atoms with Crippen LogP contribution in [0.1, 0.15) is 62.5 Å². The van der Waals surface area contributed by atoms with Crippen LogP contribution in [-0.4, -0.2) is 19.5 Å². The van der Waals surface area contributed by atoms with E-state index in [-0.39, 0.29) is 24.2 Å². The number of halogens is 4. The maximum Gasteiger partial charge on any atom is 0.189 e. The lowest BCUT2D eigenvalue weighted by Crippen LogP contribution is -2.37.